The van der Waals surface area contributed by atoms with Gasteiger partial charge in [0.15, 0.2) is 12.4 Å². The van der Waals surface area contributed by atoms with Crippen LogP contribution in [-0.2, 0) is 4.79 Å². The SMILES string of the molecule is CNC(=O)COc1cccc(NC(=O)c2ccc(C(C)=O)s2)c1. The molecular weight excluding hydrogens is 316 g/mol. The zero-order chi connectivity index (χ0) is 16.8. The molecule has 2 N–H and O–H groups in total. The lowest BCUT2D eigenvalue weighted by Crippen LogP contribution is -2.24. The van der Waals surface area contributed by atoms with Crippen molar-refractivity contribution in [2.75, 3.05) is 19.0 Å². The molecule has 7 heteroatoms. The fourth-order valence-corrected chi connectivity index (χ4v) is 2.52. The monoisotopic (exact) mass is 332 g/mol. The number of hydrogen-bond acceptors (Lipinski definition) is 5. The lowest BCUT2D eigenvalue weighted by Gasteiger charge is -2.08. The smallest absolute Gasteiger partial charge is 0.265 e. The molecule has 120 valence electrons. The van der Waals surface area contributed by atoms with E-state index in [-0.39, 0.29) is 24.2 Å². The number of ether oxygens (including phenoxy) is 1. The Morgan fingerprint density at radius 1 is 1.13 bits per heavy atom. The van der Waals surface area contributed by atoms with Crippen molar-refractivity contribution >= 4 is 34.6 Å². The zero-order valence-corrected chi connectivity index (χ0v) is 13.5. The van der Waals surface area contributed by atoms with Crippen LogP contribution < -0.4 is 15.4 Å². The van der Waals surface area contributed by atoms with Gasteiger partial charge in [0, 0.05) is 18.8 Å². The minimum absolute atomic E-state index is 0.0707. The van der Waals surface area contributed by atoms with Gasteiger partial charge >= 0.3 is 0 Å². The van der Waals surface area contributed by atoms with Gasteiger partial charge in [0.05, 0.1) is 9.75 Å². The maximum Gasteiger partial charge on any atom is 0.265 e. The molecule has 6 nitrogen and oxygen atoms in total. The third kappa shape index (κ3) is 4.65. The van der Waals surface area contributed by atoms with Crippen molar-refractivity contribution < 1.29 is 19.1 Å². The zero-order valence-electron chi connectivity index (χ0n) is 12.7. The van der Waals surface area contributed by atoms with E-state index in [1.54, 1.807) is 36.4 Å². The molecule has 0 spiro atoms. The third-order valence-corrected chi connectivity index (χ3v) is 4.10. The molecule has 0 radical (unpaired) electrons. The van der Waals surface area contributed by atoms with Crippen molar-refractivity contribution in [1.82, 2.24) is 5.32 Å². The summed E-state index contributed by atoms with van der Waals surface area (Å²) in [5.41, 5.74) is 0.544. The van der Waals surface area contributed by atoms with Crippen LogP contribution in [0.15, 0.2) is 36.4 Å². The van der Waals surface area contributed by atoms with Crippen LogP contribution in [0.1, 0.15) is 26.3 Å². The van der Waals surface area contributed by atoms with E-state index >= 15 is 0 Å². The van der Waals surface area contributed by atoms with Crippen LogP contribution >= 0.6 is 11.3 Å². The molecule has 0 bridgehead atoms. The molecule has 0 aliphatic heterocycles. The summed E-state index contributed by atoms with van der Waals surface area (Å²) in [5.74, 6) is -0.138. The minimum Gasteiger partial charge on any atom is -0.484 e. The number of ketones is 1. The van der Waals surface area contributed by atoms with Gasteiger partial charge in [-0.1, -0.05) is 6.07 Å². The third-order valence-electron chi connectivity index (χ3n) is 2.92. The number of hydrogen-bond donors (Lipinski definition) is 2. The second kappa shape index (κ2) is 7.55. The molecule has 0 aliphatic rings. The molecule has 0 saturated carbocycles. The number of anilines is 1. The fourth-order valence-electron chi connectivity index (χ4n) is 1.73. The van der Waals surface area contributed by atoms with Gasteiger partial charge in [0.2, 0.25) is 0 Å². The van der Waals surface area contributed by atoms with E-state index in [9.17, 15) is 14.4 Å². The van der Waals surface area contributed by atoms with E-state index in [1.165, 1.54) is 14.0 Å². The van der Waals surface area contributed by atoms with E-state index < -0.39 is 0 Å². The summed E-state index contributed by atoms with van der Waals surface area (Å²) < 4.78 is 5.32. The van der Waals surface area contributed by atoms with E-state index in [2.05, 4.69) is 10.6 Å². The van der Waals surface area contributed by atoms with Gasteiger partial charge in [-0.05, 0) is 31.2 Å². The molecule has 1 heterocycles. The van der Waals surface area contributed by atoms with Gasteiger partial charge in [-0.15, -0.1) is 11.3 Å². The maximum atomic E-state index is 12.2. The Morgan fingerprint density at radius 3 is 2.52 bits per heavy atom. The predicted molar refractivity (Wildman–Crippen MR) is 88.3 cm³/mol. The molecule has 0 aliphatic carbocycles. The topological polar surface area (TPSA) is 84.5 Å². The first-order chi connectivity index (χ1) is 11.0. The molecular formula is C16H16N2O4S. The first-order valence-electron chi connectivity index (χ1n) is 6.85. The summed E-state index contributed by atoms with van der Waals surface area (Å²) >= 11 is 1.14. The Bertz CT molecular complexity index is 739. The lowest BCUT2D eigenvalue weighted by molar-refractivity contribution is -0.122. The molecule has 2 aromatic rings. The van der Waals surface area contributed by atoms with E-state index in [1.807, 2.05) is 0 Å². The Morgan fingerprint density at radius 2 is 1.87 bits per heavy atom. The van der Waals surface area contributed by atoms with Gasteiger partial charge in [-0.3, -0.25) is 14.4 Å². The van der Waals surface area contributed by atoms with Crippen LogP contribution in [0.3, 0.4) is 0 Å². The largest absolute Gasteiger partial charge is 0.484 e. The van der Waals surface area contributed by atoms with Crippen molar-refractivity contribution in [2.45, 2.75) is 6.92 Å². The summed E-state index contributed by atoms with van der Waals surface area (Å²) in [6, 6.07) is 9.99. The standard InChI is InChI=1S/C16H16N2O4S/c1-10(19)13-6-7-14(23-13)16(21)18-11-4-3-5-12(8-11)22-9-15(20)17-2/h3-8H,9H2,1-2H3,(H,17,20)(H,18,21). The number of rotatable bonds is 6. The van der Waals surface area contributed by atoms with Gasteiger partial charge in [-0.25, -0.2) is 0 Å². The molecule has 2 rings (SSSR count). The van der Waals surface area contributed by atoms with Crippen molar-refractivity contribution in [1.29, 1.82) is 0 Å². The number of carbonyl (C=O) groups is 3. The highest BCUT2D eigenvalue weighted by Gasteiger charge is 2.12. The number of Topliss-reactive ketones (excluding diaryl/α,β-unsaturated/α-hetero) is 1. The number of carbonyl (C=O) groups excluding carboxylic acids is 3. The van der Waals surface area contributed by atoms with Crippen LogP contribution in [0.4, 0.5) is 5.69 Å². The number of benzene rings is 1. The number of thiophene rings is 1. The van der Waals surface area contributed by atoms with Gasteiger partial charge < -0.3 is 15.4 Å². The van der Waals surface area contributed by atoms with Gasteiger partial charge in [0.25, 0.3) is 11.8 Å². The summed E-state index contributed by atoms with van der Waals surface area (Å²) in [4.78, 5) is 35.6. The number of likely N-dealkylation sites (N-methyl/N-ethyl adjacent to an activating group) is 1. The first kappa shape index (κ1) is 16.7. The molecule has 0 unspecified atom stereocenters. The van der Waals surface area contributed by atoms with Crippen LogP contribution in [0.5, 0.6) is 5.75 Å². The van der Waals surface area contributed by atoms with E-state index in [0.29, 0.717) is 21.2 Å². The van der Waals surface area contributed by atoms with Crippen molar-refractivity contribution in [3.05, 3.63) is 46.2 Å². The highest BCUT2D eigenvalue weighted by Crippen LogP contribution is 2.21. The van der Waals surface area contributed by atoms with Crippen LogP contribution in [0.25, 0.3) is 0 Å². The minimum atomic E-state index is -0.300. The van der Waals surface area contributed by atoms with Gasteiger partial charge in [-0.2, -0.15) is 0 Å². The van der Waals surface area contributed by atoms with Crippen LogP contribution in [0.2, 0.25) is 0 Å². The average Bonchev–Trinajstić information content (AvgIpc) is 3.03. The number of nitrogens with one attached hydrogen (secondary N) is 2. The van der Waals surface area contributed by atoms with Gasteiger partial charge in [0.1, 0.15) is 5.75 Å². The Balaban J connectivity index is 2.02. The summed E-state index contributed by atoms with van der Waals surface area (Å²) in [6.45, 7) is 1.36. The summed E-state index contributed by atoms with van der Waals surface area (Å²) in [7, 11) is 1.53. The Hall–Kier alpha value is -2.67. The lowest BCUT2D eigenvalue weighted by atomic mass is 10.3. The highest BCUT2D eigenvalue weighted by molar-refractivity contribution is 7.16. The quantitative estimate of drug-likeness (QED) is 0.795. The van der Waals surface area contributed by atoms with Crippen molar-refractivity contribution in [3.8, 4) is 5.75 Å². The molecule has 0 saturated heterocycles. The summed E-state index contributed by atoms with van der Waals surface area (Å²) in [6.07, 6.45) is 0. The van der Waals surface area contributed by atoms with Crippen molar-refractivity contribution in [2.24, 2.45) is 0 Å². The second-order valence-corrected chi connectivity index (χ2v) is 5.75. The van der Waals surface area contributed by atoms with Crippen LogP contribution in [0, 0.1) is 0 Å². The molecule has 1 aromatic heterocycles. The van der Waals surface area contributed by atoms with E-state index in [0.717, 1.165) is 11.3 Å². The molecule has 1 aromatic carbocycles. The Labute approximate surface area is 137 Å². The second-order valence-electron chi connectivity index (χ2n) is 4.66. The molecule has 0 fully saturated rings. The predicted octanol–water partition coefficient (Wildman–Crippen LogP) is 2.33. The molecule has 0 atom stereocenters. The first-order valence-corrected chi connectivity index (χ1v) is 7.67. The van der Waals surface area contributed by atoms with Crippen molar-refractivity contribution in [3.63, 3.8) is 0 Å². The average molecular weight is 332 g/mol. The number of amides is 2. The Kier molecular flexibility index (Phi) is 5.48. The molecule has 23 heavy (non-hydrogen) atoms. The maximum absolute atomic E-state index is 12.2. The normalized spacial score (nSPS) is 10.0. The fraction of sp³-hybridized carbons (Fsp3) is 0.188. The molecule has 2 amide bonds. The van der Waals surface area contributed by atoms with Crippen LogP contribution in [-0.4, -0.2) is 31.3 Å². The van der Waals surface area contributed by atoms with E-state index in [4.69, 9.17) is 4.74 Å². The summed E-state index contributed by atoms with van der Waals surface area (Å²) in [5, 5.41) is 5.19. The highest BCUT2D eigenvalue weighted by atomic mass is 32.1.